The van der Waals surface area contributed by atoms with Gasteiger partial charge in [-0.2, -0.15) is 0 Å². The Labute approximate surface area is 106 Å². The minimum atomic E-state index is 0.512. The summed E-state index contributed by atoms with van der Waals surface area (Å²) < 4.78 is 5.39. The first-order valence-electron chi connectivity index (χ1n) is 7.34. The van der Waals surface area contributed by atoms with E-state index in [4.69, 9.17) is 4.74 Å². The van der Waals surface area contributed by atoms with E-state index in [0.717, 1.165) is 12.5 Å². The van der Waals surface area contributed by atoms with Crippen LogP contribution in [-0.4, -0.2) is 50.8 Å². The Kier molecular flexibility index (Phi) is 5.75. The summed E-state index contributed by atoms with van der Waals surface area (Å²) in [7, 11) is 1.84. The summed E-state index contributed by atoms with van der Waals surface area (Å²) in [5, 5.41) is 3.63. The Morgan fingerprint density at radius 1 is 1.12 bits per heavy atom. The first kappa shape index (κ1) is 13.3. The van der Waals surface area contributed by atoms with Crippen molar-refractivity contribution in [1.82, 2.24) is 10.2 Å². The van der Waals surface area contributed by atoms with Crippen LogP contribution in [0.5, 0.6) is 0 Å². The molecule has 0 unspecified atom stereocenters. The zero-order valence-electron chi connectivity index (χ0n) is 11.3. The Morgan fingerprint density at radius 2 is 1.82 bits per heavy atom. The summed E-state index contributed by atoms with van der Waals surface area (Å²) in [6, 6.07) is 0. The normalized spacial score (nSPS) is 24.5. The van der Waals surface area contributed by atoms with E-state index in [0.29, 0.717) is 6.10 Å². The maximum absolute atomic E-state index is 5.39. The van der Waals surface area contributed by atoms with Gasteiger partial charge >= 0.3 is 0 Å². The van der Waals surface area contributed by atoms with Crippen LogP contribution < -0.4 is 5.32 Å². The van der Waals surface area contributed by atoms with Gasteiger partial charge in [0.1, 0.15) is 0 Å². The zero-order chi connectivity index (χ0) is 11.9. The average Bonchev–Trinajstić information content (AvgIpc) is 2.88. The van der Waals surface area contributed by atoms with Crippen molar-refractivity contribution < 1.29 is 4.74 Å². The summed E-state index contributed by atoms with van der Waals surface area (Å²) in [5.41, 5.74) is 0. The molecule has 0 aromatic heterocycles. The van der Waals surface area contributed by atoms with Gasteiger partial charge in [-0.15, -0.1) is 0 Å². The fourth-order valence-electron chi connectivity index (χ4n) is 3.13. The number of piperidine rings is 1. The zero-order valence-corrected chi connectivity index (χ0v) is 11.3. The van der Waals surface area contributed by atoms with Crippen LogP contribution in [0.2, 0.25) is 0 Å². The minimum absolute atomic E-state index is 0.512. The van der Waals surface area contributed by atoms with Crippen LogP contribution in [0.3, 0.4) is 0 Å². The van der Waals surface area contributed by atoms with Gasteiger partial charge in [-0.1, -0.05) is 12.8 Å². The van der Waals surface area contributed by atoms with Crippen molar-refractivity contribution >= 4 is 0 Å². The molecule has 2 fully saturated rings. The van der Waals surface area contributed by atoms with Crippen molar-refractivity contribution in [3.63, 3.8) is 0 Å². The first-order chi connectivity index (χ1) is 8.38. The fraction of sp³-hybridized carbons (Fsp3) is 1.00. The average molecular weight is 240 g/mol. The second-order valence-corrected chi connectivity index (χ2v) is 5.63. The molecule has 1 heterocycles. The van der Waals surface area contributed by atoms with E-state index >= 15 is 0 Å². The highest BCUT2D eigenvalue weighted by molar-refractivity contribution is 4.74. The summed E-state index contributed by atoms with van der Waals surface area (Å²) in [4.78, 5) is 2.57. The maximum Gasteiger partial charge on any atom is 0.0595 e. The van der Waals surface area contributed by atoms with Gasteiger partial charge < -0.3 is 15.0 Å². The van der Waals surface area contributed by atoms with Gasteiger partial charge in [-0.05, 0) is 38.1 Å². The molecule has 2 rings (SSSR count). The van der Waals surface area contributed by atoms with E-state index in [1.807, 2.05) is 7.11 Å². The number of nitrogens with one attached hydrogen (secondary N) is 1. The third-order valence-corrected chi connectivity index (χ3v) is 4.38. The lowest BCUT2D eigenvalue weighted by Gasteiger charge is -2.31. The fourth-order valence-corrected chi connectivity index (χ4v) is 3.13. The smallest absolute Gasteiger partial charge is 0.0595 e. The number of methoxy groups -OCH3 is 1. The summed E-state index contributed by atoms with van der Waals surface area (Å²) in [5.74, 6) is 0.967. The van der Waals surface area contributed by atoms with Gasteiger partial charge in [0.15, 0.2) is 0 Å². The van der Waals surface area contributed by atoms with Crippen LogP contribution in [0, 0.1) is 5.92 Å². The molecule has 3 nitrogen and oxygen atoms in total. The molecular weight excluding hydrogens is 212 g/mol. The van der Waals surface area contributed by atoms with E-state index in [2.05, 4.69) is 10.2 Å². The Hall–Kier alpha value is -0.120. The van der Waals surface area contributed by atoms with E-state index < -0.39 is 0 Å². The van der Waals surface area contributed by atoms with Crippen LogP contribution in [0.4, 0.5) is 0 Å². The lowest BCUT2D eigenvalue weighted by molar-refractivity contribution is 0.0414. The third-order valence-electron chi connectivity index (χ3n) is 4.38. The molecule has 1 aliphatic heterocycles. The van der Waals surface area contributed by atoms with Gasteiger partial charge in [0.2, 0.25) is 0 Å². The quantitative estimate of drug-likeness (QED) is 0.717. The summed E-state index contributed by atoms with van der Waals surface area (Å²) in [6.07, 6.45) is 8.74. The first-order valence-corrected chi connectivity index (χ1v) is 7.34. The predicted octanol–water partition coefficient (Wildman–Crippen LogP) is 1.88. The van der Waals surface area contributed by atoms with Crippen LogP contribution in [-0.2, 0) is 4.74 Å². The van der Waals surface area contributed by atoms with E-state index in [9.17, 15) is 0 Å². The monoisotopic (exact) mass is 240 g/mol. The number of hydrogen-bond donors (Lipinski definition) is 1. The molecule has 1 N–H and O–H groups in total. The predicted molar refractivity (Wildman–Crippen MR) is 71.3 cm³/mol. The van der Waals surface area contributed by atoms with Gasteiger partial charge in [-0.25, -0.2) is 0 Å². The Balaban J connectivity index is 1.48. The number of nitrogens with zero attached hydrogens (tertiary/aromatic N) is 1. The van der Waals surface area contributed by atoms with Gasteiger partial charge in [0, 0.05) is 33.3 Å². The molecule has 1 saturated carbocycles. The van der Waals surface area contributed by atoms with Crippen molar-refractivity contribution in [1.29, 1.82) is 0 Å². The SMILES string of the molecule is COC1CCN(CCNCC2CCCC2)CC1. The molecule has 0 spiro atoms. The molecule has 0 radical (unpaired) electrons. The van der Waals surface area contributed by atoms with Crippen LogP contribution in [0.15, 0.2) is 0 Å². The maximum atomic E-state index is 5.39. The standard InChI is InChI=1S/C14H28N2O/c1-17-14-6-9-16(10-7-14)11-8-15-12-13-4-2-3-5-13/h13-15H,2-12H2,1H3. The molecule has 0 aromatic rings. The molecular formula is C14H28N2O. The topological polar surface area (TPSA) is 24.5 Å². The Morgan fingerprint density at radius 3 is 2.47 bits per heavy atom. The molecule has 3 heteroatoms. The molecule has 1 aliphatic carbocycles. The number of rotatable bonds is 6. The molecule has 17 heavy (non-hydrogen) atoms. The molecule has 2 aliphatic rings. The lowest BCUT2D eigenvalue weighted by Crippen LogP contribution is -2.40. The Bertz CT molecular complexity index is 196. The second-order valence-electron chi connectivity index (χ2n) is 5.63. The van der Waals surface area contributed by atoms with E-state index in [-0.39, 0.29) is 0 Å². The van der Waals surface area contributed by atoms with Crippen LogP contribution in [0.1, 0.15) is 38.5 Å². The minimum Gasteiger partial charge on any atom is -0.381 e. The highest BCUT2D eigenvalue weighted by Gasteiger charge is 2.18. The van der Waals surface area contributed by atoms with Gasteiger partial charge in [0.05, 0.1) is 6.10 Å². The van der Waals surface area contributed by atoms with Crippen molar-refractivity contribution in [2.24, 2.45) is 5.92 Å². The van der Waals surface area contributed by atoms with E-state index in [1.165, 1.54) is 64.7 Å². The van der Waals surface area contributed by atoms with Gasteiger partial charge in [-0.3, -0.25) is 0 Å². The van der Waals surface area contributed by atoms with E-state index in [1.54, 1.807) is 0 Å². The summed E-state index contributed by atoms with van der Waals surface area (Å²) in [6.45, 7) is 6.04. The third kappa shape index (κ3) is 4.57. The molecule has 0 bridgehead atoms. The largest absolute Gasteiger partial charge is 0.381 e. The number of likely N-dealkylation sites (tertiary alicyclic amines) is 1. The molecule has 100 valence electrons. The lowest BCUT2D eigenvalue weighted by atomic mass is 10.1. The van der Waals surface area contributed by atoms with Crippen molar-refractivity contribution in [3.05, 3.63) is 0 Å². The number of ether oxygens (including phenoxy) is 1. The van der Waals surface area contributed by atoms with Crippen molar-refractivity contribution in [3.8, 4) is 0 Å². The molecule has 0 aromatic carbocycles. The van der Waals surface area contributed by atoms with Crippen LogP contribution in [0.25, 0.3) is 0 Å². The van der Waals surface area contributed by atoms with Gasteiger partial charge in [0.25, 0.3) is 0 Å². The van der Waals surface area contributed by atoms with Crippen molar-refractivity contribution in [2.45, 2.75) is 44.6 Å². The number of hydrogen-bond acceptors (Lipinski definition) is 3. The molecule has 1 saturated heterocycles. The van der Waals surface area contributed by atoms with Crippen molar-refractivity contribution in [2.75, 3.05) is 39.8 Å². The van der Waals surface area contributed by atoms with Crippen LogP contribution >= 0.6 is 0 Å². The highest BCUT2D eigenvalue weighted by Crippen LogP contribution is 2.23. The highest BCUT2D eigenvalue weighted by atomic mass is 16.5. The molecule has 0 amide bonds. The second kappa shape index (κ2) is 7.34. The molecule has 0 atom stereocenters. The summed E-state index contributed by atoms with van der Waals surface area (Å²) >= 11 is 0.